The van der Waals surface area contributed by atoms with Crippen LogP contribution in [-0.4, -0.2) is 15.9 Å². The van der Waals surface area contributed by atoms with Gasteiger partial charge in [0.2, 0.25) is 0 Å². The topological polar surface area (TPSA) is 70.9 Å². The van der Waals surface area contributed by atoms with Crippen molar-refractivity contribution in [3.05, 3.63) is 78.3 Å². The molecule has 0 unspecified atom stereocenters. The van der Waals surface area contributed by atoms with Gasteiger partial charge in [0.15, 0.2) is 5.76 Å². The maximum absolute atomic E-state index is 12.3. The Morgan fingerprint density at radius 3 is 2.92 bits per heavy atom. The van der Waals surface area contributed by atoms with Gasteiger partial charge in [-0.05, 0) is 48.0 Å². The highest BCUT2D eigenvalue weighted by atomic mass is 16.3. The summed E-state index contributed by atoms with van der Waals surface area (Å²) < 4.78 is 5.31. The van der Waals surface area contributed by atoms with E-state index in [1.807, 2.05) is 54.7 Å². The molecule has 0 radical (unpaired) electrons. The molecule has 0 bridgehead atoms. The second-order valence-electron chi connectivity index (χ2n) is 5.49. The molecule has 4 rings (SSSR count). The van der Waals surface area contributed by atoms with E-state index in [0.717, 1.165) is 27.9 Å². The van der Waals surface area contributed by atoms with Crippen LogP contribution in [0.2, 0.25) is 0 Å². The van der Waals surface area contributed by atoms with Crippen LogP contribution in [0.25, 0.3) is 22.4 Å². The number of pyridine rings is 1. The van der Waals surface area contributed by atoms with E-state index in [2.05, 4.69) is 15.3 Å². The van der Waals surface area contributed by atoms with Gasteiger partial charge in [0.1, 0.15) is 5.69 Å². The summed E-state index contributed by atoms with van der Waals surface area (Å²) in [5.74, 6) is 0.624. The SMILES string of the molecule is O=C(NCc1ccc(-c2ccco2)nc1)c1ccc2[nH]ccc2c1. The van der Waals surface area contributed by atoms with Crippen molar-refractivity contribution in [2.75, 3.05) is 0 Å². The minimum Gasteiger partial charge on any atom is -0.463 e. The zero-order valence-corrected chi connectivity index (χ0v) is 12.8. The molecule has 0 aliphatic rings. The molecule has 3 heterocycles. The van der Waals surface area contributed by atoms with E-state index in [0.29, 0.717) is 12.1 Å². The first-order chi connectivity index (χ1) is 11.8. The number of carbonyl (C=O) groups is 1. The number of nitrogens with zero attached hydrogens (tertiary/aromatic N) is 1. The van der Waals surface area contributed by atoms with Crippen molar-refractivity contribution in [2.45, 2.75) is 6.54 Å². The molecule has 3 aromatic heterocycles. The van der Waals surface area contributed by atoms with E-state index >= 15 is 0 Å². The fourth-order valence-corrected chi connectivity index (χ4v) is 2.58. The van der Waals surface area contributed by atoms with Gasteiger partial charge in [-0.15, -0.1) is 0 Å². The van der Waals surface area contributed by atoms with Crippen LogP contribution in [0, 0.1) is 0 Å². The highest BCUT2D eigenvalue weighted by molar-refractivity contribution is 5.98. The van der Waals surface area contributed by atoms with Crippen LogP contribution in [0.3, 0.4) is 0 Å². The maximum atomic E-state index is 12.3. The molecule has 0 spiro atoms. The van der Waals surface area contributed by atoms with Gasteiger partial charge in [0, 0.05) is 35.4 Å². The number of nitrogens with one attached hydrogen (secondary N) is 2. The highest BCUT2D eigenvalue weighted by Gasteiger charge is 2.07. The number of benzene rings is 1. The Labute approximate surface area is 138 Å². The summed E-state index contributed by atoms with van der Waals surface area (Å²) in [5.41, 5.74) is 3.36. The maximum Gasteiger partial charge on any atom is 0.251 e. The van der Waals surface area contributed by atoms with Gasteiger partial charge in [0.25, 0.3) is 5.91 Å². The van der Waals surface area contributed by atoms with Crippen molar-refractivity contribution in [2.24, 2.45) is 0 Å². The van der Waals surface area contributed by atoms with Gasteiger partial charge in [-0.1, -0.05) is 6.07 Å². The standard InChI is InChI=1S/C19H15N3O2/c23-19(15-4-6-16-14(10-15)7-8-20-16)22-12-13-3-5-17(21-11-13)18-2-1-9-24-18/h1-11,20H,12H2,(H,22,23). The number of furan rings is 1. The summed E-state index contributed by atoms with van der Waals surface area (Å²) in [6.07, 6.45) is 5.22. The van der Waals surface area contributed by atoms with Crippen molar-refractivity contribution in [1.82, 2.24) is 15.3 Å². The first-order valence-corrected chi connectivity index (χ1v) is 7.64. The minimum atomic E-state index is -0.104. The van der Waals surface area contributed by atoms with E-state index in [1.165, 1.54) is 0 Å². The summed E-state index contributed by atoms with van der Waals surface area (Å²) in [6.45, 7) is 0.426. The molecular formula is C19H15N3O2. The Morgan fingerprint density at radius 1 is 1.17 bits per heavy atom. The normalized spacial score (nSPS) is 10.8. The molecule has 5 heteroatoms. The van der Waals surface area contributed by atoms with Gasteiger partial charge >= 0.3 is 0 Å². The number of amides is 1. The van der Waals surface area contributed by atoms with Crippen LogP contribution >= 0.6 is 0 Å². The summed E-state index contributed by atoms with van der Waals surface area (Å²) in [4.78, 5) is 19.7. The molecule has 0 aliphatic carbocycles. The number of carbonyl (C=O) groups excluding carboxylic acids is 1. The second-order valence-corrected chi connectivity index (χ2v) is 5.49. The monoisotopic (exact) mass is 317 g/mol. The minimum absolute atomic E-state index is 0.104. The smallest absolute Gasteiger partial charge is 0.251 e. The van der Waals surface area contributed by atoms with Crippen LogP contribution < -0.4 is 5.32 Å². The number of H-pyrrole nitrogens is 1. The van der Waals surface area contributed by atoms with Gasteiger partial charge in [-0.25, -0.2) is 0 Å². The van der Waals surface area contributed by atoms with Crippen LogP contribution in [-0.2, 0) is 6.54 Å². The van der Waals surface area contributed by atoms with Crippen molar-refractivity contribution < 1.29 is 9.21 Å². The highest BCUT2D eigenvalue weighted by Crippen LogP contribution is 2.17. The molecule has 2 N–H and O–H groups in total. The second kappa shape index (κ2) is 6.04. The van der Waals surface area contributed by atoms with Crippen molar-refractivity contribution in [3.63, 3.8) is 0 Å². The zero-order chi connectivity index (χ0) is 16.4. The van der Waals surface area contributed by atoms with E-state index in [1.54, 1.807) is 12.5 Å². The lowest BCUT2D eigenvalue weighted by Gasteiger charge is -2.06. The van der Waals surface area contributed by atoms with Crippen molar-refractivity contribution in [3.8, 4) is 11.5 Å². The first kappa shape index (κ1) is 14.3. The van der Waals surface area contributed by atoms with Crippen molar-refractivity contribution >= 4 is 16.8 Å². The fraction of sp³-hybridized carbons (Fsp3) is 0.0526. The quantitative estimate of drug-likeness (QED) is 0.602. The molecule has 0 aliphatic heterocycles. The zero-order valence-electron chi connectivity index (χ0n) is 12.8. The molecule has 118 valence electrons. The predicted octanol–water partition coefficient (Wildman–Crippen LogP) is 3.75. The van der Waals surface area contributed by atoms with Gasteiger partial charge < -0.3 is 14.7 Å². The van der Waals surface area contributed by atoms with Gasteiger partial charge in [-0.3, -0.25) is 9.78 Å². The Hall–Kier alpha value is -3.34. The average Bonchev–Trinajstić information content (AvgIpc) is 3.30. The number of rotatable bonds is 4. The predicted molar refractivity (Wildman–Crippen MR) is 91.4 cm³/mol. The lowest BCUT2D eigenvalue weighted by molar-refractivity contribution is 0.0951. The fourth-order valence-electron chi connectivity index (χ4n) is 2.58. The van der Waals surface area contributed by atoms with E-state index in [-0.39, 0.29) is 5.91 Å². The Morgan fingerprint density at radius 2 is 2.12 bits per heavy atom. The van der Waals surface area contributed by atoms with Crippen LogP contribution in [0.5, 0.6) is 0 Å². The van der Waals surface area contributed by atoms with Crippen LogP contribution in [0.4, 0.5) is 0 Å². The molecule has 0 saturated carbocycles. The largest absolute Gasteiger partial charge is 0.463 e. The molecule has 4 aromatic rings. The van der Waals surface area contributed by atoms with E-state index in [4.69, 9.17) is 4.42 Å². The van der Waals surface area contributed by atoms with E-state index in [9.17, 15) is 4.79 Å². The summed E-state index contributed by atoms with van der Waals surface area (Å²) in [6, 6.07) is 15.0. The molecule has 5 nitrogen and oxygen atoms in total. The average molecular weight is 317 g/mol. The lowest BCUT2D eigenvalue weighted by Crippen LogP contribution is -2.22. The molecule has 1 amide bonds. The molecule has 24 heavy (non-hydrogen) atoms. The molecule has 0 fully saturated rings. The van der Waals surface area contributed by atoms with Gasteiger partial charge in [0.05, 0.1) is 6.26 Å². The third kappa shape index (κ3) is 2.79. The molecule has 0 atom stereocenters. The number of hydrogen-bond acceptors (Lipinski definition) is 3. The summed E-state index contributed by atoms with van der Waals surface area (Å²) >= 11 is 0. The Bertz CT molecular complexity index is 969. The Balaban J connectivity index is 1.43. The molecule has 0 saturated heterocycles. The summed E-state index contributed by atoms with van der Waals surface area (Å²) in [5, 5.41) is 3.93. The first-order valence-electron chi connectivity index (χ1n) is 7.64. The van der Waals surface area contributed by atoms with E-state index < -0.39 is 0 Å². The summed E-state index contributed by atoms with van der Waals surface area (Å²) in [7, 11) is 0. The number of aromatic amines is 1. The third-order valence-corrected chi connectivity index (χ3v) is 3.87. The van der Waals surface area contributed by atoms with Gasteiger partial charge in [-0.2, -0.15) is 0 Å². The third-order valence-electron chi connectivity index (χ3n) is 3.87. The Kier molecular flexibility index (Phi) is 3.59. The van der Waals surface area contributed by atoms with Crippen molar-refractivity contribution in [1.29, 1.82) is 0 Å². The molecular weight excluding hydrogens is 302 g/mol. The number of aromatic nitrogens is 2. The number of hydrogen-bond donors (Lipinski definition) is 2. The lowest BCUT2D eigenvalue weighted by atomic mass is 10.1. The van der Waals surface area contributed by atoms with Crippen LogP contribution in [0.15, 0.2) is 71.6 Å². The van der Waals surface area contributed by atoms with Crippen LogP contribution in [0.1, 0.15) is 15.9 Å². The number of fused-ring (bicyclic) bond motifs is 1. The molecule has 1 aromatic carbocycles.